The van der Waals surface area contributed by atoms with E-state index in [4.69, 9.17) is 13.9 Å². The van der Waals surface area contributed by atoms with Gasteiger partial charge in [-0.3, -0.25) is 14.9 Å². The Bertz CT molecular complexity index is 779. The predicted octanol–water partition coefficient (Wildman–Crippen LogP) is 1.15. The van der Waals surface area contributed by atoms with Gasteiger partial charge in [0.2, 0.25) is 11.8 Å². The molecule has 2 rings (SSSR count). The van der Waals surface area contributed by atoms with E-state index in [1.54, 1.807) is 13.8 Å². The molecule has 0 saturated carbocycles. The minimum atomic E-state index is -0.832. The largest absolute Gasteiger partial charge is 0.462 e. The van der Waals surface area contributed by atoms with Crippen LogP contribution >= 0.6 is 0 Å². The van der Waals surface area contributed by atoms with Gasteiger partial charge in [0.25, 0.3) is 5.91 Å². The van der Waals surface area contributed by atoms with Gasteiger partial charge in [-0.25, -0.2) is 15.0 Å². The van der Waals surface area contributed by atoms with E-state index in [9.17, 15) is 19.2 Å². The van der Waals surface area contributed by atoms with Crippen molar-refractivity contribution in [1.29, 1.82) is 0 Å². The quantitative estimate of drug-likeness (QED) is 0.721. The van der Waals surface area contributed by atoms with Gasteiger partial charge in [0.05, 0.1) is 13.2 Å². The van der Waals surface area contributed by atoms with Crippen molar-refractivity contribution < 1.29 is 33.1 Å². The number of esters is 2. The molecule has 0 aromatic carbocycles. The van der Waals surface area contributed by atoms with Crippen LogP contribution in [-0.4, -0.2) is 42.7 Å². The molecule has 1 aromatic rings. The van der Waals surface area contributed by atoms with E-state index >= 15 is 0 Å². The summed E-state index contributed by atoms with van der Waals surface area (Å²) < 4.78 is 15.3. The first-order valence-electron chi connectivity index (χ1n) is 8.03. The van der Waals surface area contributed by atoms with Gasteiger partial charge in [-0.05, 0) is 20.8 Å². The third kappa shape index (κ3) is 4.08. The SMILES string of the molecule is CCOC(=O)c1c(C)oc(NC(=O)C2=NNC(=O)CC2)c1C(=O)OCC. The van der Waals surface area contributed by atoms with E-state index in [0.717, 1.165) is 0 Å². The zero-order valence-electron chi connectivity index (χ0n) is 14.6. The summed E-state index contributed by atoms with van der Waals surface area (Å²) in [6, 6.07) is 0. The fraction of sp³-hybridized carbons (Fsp3) is 0.438. The summed E-state index contributed by atoms with van der Waals surface area (Å²) in [6.45, 7) is 4.85. The highest BCUT2D eigenvalue weighted by atomic mass is 16.5. The zero-order valence-corrected chi connectivity index (χ0v) is 14.6. The number of nitrogens with zero attached hydrogens (tertiary/aromatic N) is 1. The summed E-state index contributed by atoms with van der Waals surface area (Å²) in [5.74, 6) is -2.71. The molecule has 1 aliphatic heterocycles. The zero-order chi connectivity index (χ0) is 19.3. The van der Waals surface area contributed by atoms with Gasteiger partial charge < -0.3 is 13.9 Å². The van der Waals surface area contributed by atoms with Crippen LogP contribution in [0.2, 0.25) is 0 Å². The minimum absolute atomic E-state index is 0.0612. The summed E-state index contributed by atoms with van der Waals surface area (Å²) in [5.41, 5.74) is 1.92. The Kier molecular flexibility index (Phi) is 6.10. The lowest BCUT2D eigenvalue weighted by Crippen LogP contribution is -2.33. The molecule has 10 nitrogen and oxygen atoms in total. The fourth-order valence-electron chi connectivity index (χ4n) is 2.29. The van der Waals surface area contributed by atoms with Crippen molar-refractivity contribution in [2.24, 2.45) is 5.10 Å². The molecule has 2 amide bonds. The van der Waals surface area contributed by atoms with Gasteiger partial charge >= 0.3 is 11.9 Å². The number of hydrogen-bond donors (Lipinski definition) is 2. The first-order valence-corrected chi connectivity index (χ1v) is 8.03. The van der Waals surface area contributed by atoms with Crippen LogP contribution in [0, 0.1) is 6.92 Å². The number of aryl methyl sites for hydroxylation is 1. The molecule has 26 heavy (non-hydrogen) atoms. The first kappa shape index (κ1) is 19.2. The minimum Gasteiger partial charge on any atom is -0.462 e. The van der Waals surface area contributed by atoms with Crippen LogP contribution in [0.4, 0.5) is 5.88 Å². The number of hydrogen-bond acceptors (Lipinski definition) is 8. The topological polar surface area (TPSA) is 136 Å². The molecule has 0 fully saturated rings. The number of carbonyl (C=O) groups excluding carboxylic acids is 4. The van der Waals surface area contributed by atoms with Gasteiger partial charge in [-0.15, -0.1) is 0 Å². The van der Waals surface area contributed by atoms with Crippen LogP contribution in [-0.2, 0) is 19.1 Å². The second-order valence-electron chi connectivity index (χ2n) is 5.23. The standard InChI is InChI=1S/C16H19N3O7/c1-4-24-15(22)11-8(3)26-14(12(11)16(23)25-5-2)17-13(21)9-6-7-10(20)19-18-9/h4-7H2,1-3H3,(H,17,21)(H,19,20). The van der Waals surface area contributed by atoms with Crippen molar-refractivity contribution in [1.82, 2.24) is 5.43 Å². The Labute approximate surface area is 148 Å². The number of nitrogens with one attached hydrogen (secondary N) is 2. The maximum atomic E-state index is 12.3. The van der Waals surface area contributed by atoms with Gasteiger partial charge in [0.15, 0.2) is 0 Å². The van der Waals surface area contributed by atoms with Gasteiger partial charge in [0, 0.05) is 12.8 Å². The average molecular weight is 365 g/mol. The molecule has 0 aliphatic carbocycles. The Balaban J connectivity index is 2.36. The highest BCUT2D eigenvalue weighted by molar-refractivity contribution is 6.43. The van der Waals surface area contributed by atoms with Crippen molar-refractivity contribution in [2.75, 3.05) is 18.5 Å². The van der Waals surface area contributed by atoms with Gasteiger partial charge in [-0.1, -0.05) is 0 Å². The molecule has 2 heterocycles. The summed E-state index contributed by atoms with van der Waals surface area (Å²) in [5, 5.41) is 6.06. The average Bonchev–Trinajstić information content (AvgIpc) is 2.92. The van der Waals surface area contributed by atoms with Crippen molar-refractivity contribution in [3.8, 4) is 0 Å². The fourth-order valence-corrected chi connectivity index (χ4v) is 2.29. The Morgan fingerprint density at radius 3 is 2.27 bits per heavy atom. The second kappa shape index (κ2) is 8.28. The van der Waals surface area contributed by atoms with E-state index in [0.29, 0.717) is 0 Å². The monoisotopic (exact) mass is 365 g/mol. The molecular formula is C16H19N3O7. The predicted molar refractivity (Wildman–Crippen MR) is 88.8 cm³/mol. The van der Waals surface area contributed by atoms with Crippen molar-refractivity contribution in [3.63, 3.8) is 0 Å². The number of hydrazone groups is 1. The van der Waals surface area contributed by atoms with Gasteiger partial charge in [0.1, 0.15) is 22.6 Å². The van der Waals surface area contributed by atoms with Crippen LogP contribution in [0.15, 0.2) is 9.52 Å². The number of anilines is 1. The Morgan fingerprint density at radius 2 is 1.73 bits per heavy atom. The van der Waals surface area contributed by atoms with E-state index in [1.807, 2.05) is 0 Å². The number of amides is 2. The summed E-state index contributed by atoms with van der Waals surface area (Å²) >= 11 is 0. The van der Waals surface area contributed by atoms with E-state index in [-0.39, 0.29) is 60.4 Å². The molecule has 2 N–H and O–H groups in total. The Hall–Kier alpha value is -3.17. The number of carbonyl (C=O) groups is 4. The molecule has 0 radical (unpaired) electrons. The number of rotatable bonds is 6. The number of furan rings is 1. The lowest BCUT2D eigenvalue weighted by atomic mass is 10.1. The highest BCUT2D eigenvalue weighted by Crippen LogP contribution is 2.29. The summed E-state index contributed by atoms with van der Waals surface area (Å²) in [6.07, 6.45) is 0.249. The molecule has 10 heteroatoms. The normalized spacial score (nSPS) is 13.5. The first-order chi connectivity index (χ1) is 12.4. The van der Waals surface area contributed by atoms with Crippen LogP contribution in [0.25, 0.3) is 0 Å². The maximum Gasteiger partial charge on any atom is 0.344 e. The molecule has 0 atom stereocenters. The van der Waals surface area contributed by atoms with E-state index < -0.39 is 17.8 Å². The molecule has 0 spiro atoms. The van der Waals surface area contributed by atoms with E-state index in [2.05, 4.69) is 15.8 Å². The van der Waals surface area contributed by atoms with Gasteiger partial charge in [-0.2, -0.15) is 5.10 Å². The van der Waals surface area contributed by atoms with Crippen LogP contribution in [0.1, 0.15) is 53.2 Å². The lowest BCUT2D eigenvalue weighted by molar-refractivity contribution is -0.121. The highest BCUT2D eigenvalue weighted by Gasteiger charge is 2.32. The molecule has 140 valence electrons. The third-order valence-electron chi connectivity index (χ3n) is 3.44. The van der Waals surface area contributed by atoms with E-state index in [1.165, 1.54) is 6.92 Å². The summed E-state index contributed by atoms with van der Waals surface area (Å²) in [4.78, 5) is 47.8. The lowest BCUT2D eigenvalue weighted by Gasteiger charge is -2.11. The molecule has 0 unspecified atom stereocenters. The summed E-state index contributed by atoms with van der Waals surface area (Å²) in [7, 11) is 0. The van der Waals surface area contributed by atoms with Crippen LogP contribution < -0.4 is 10.7 Å². The second-order valence-corrected chi connectivity index (χ2v) is 5.23. The van der Waals surface area contributed by atoms with Crippen molar-refractivity contribution in [3.05, 3.63) is 16.9 Å². The number of ether oxygens (including phenoxy) is 2. The third-order valence-corrected chi connectivity index (χ3v) is 3.44. The molecule has 1 aromatic heterocycles. The molecule has 0 saturated heterocycles. The molecular weight excluding hydrogens is 346 g/mol. The van der Waals surface area contributed by atoms with Crippen molar-refractivity contribution >= 4 is 35.3 Å². The molecule has 0 bridgehead atoms. The smallest absolute Gasteiger partial charge is 0.344 e. The maximum absolute atomic E-state index is 12.3. The van der Waals surface area contributed by atoms with Crippen LogP contribution in [0.3, 0.4) is 0 Å². The van der Waals surface area contributed by atoms with Crippen LogP contribution in [0.5, 0.6) is 0 Å². The molecule has 1 aliphatic rings. The van der Waals surface area contributed by atoms with Crippen molar-refractivity contribution in [2.45, 2.75) is 33.6 Å². The Morgan fingerprint density at radius 1 is 1.12 bits per heavy atom.